The molecule has 2 heterocycles. The van der Waals surface area contributed by atoms with Crippen LogP contribution in [0.25, 0.3) is 0 Å². The fourth-order valence-corrected chi connectivity index (χ4v) is 6.09. The number of aliphatic imine (C=N–C) groups is 1. The molecule has 0 aromatic carbocycles. The lowest BCUT2D eigenvalue weighted by Crippen LogP contribution is -2.45. The van der Waals surface area contributed by atoms with Crippen molar-refractivity contribution in [2.45, 2.75) is 97.6 Å². The number of hydrogen-bond donors (Lipinski definition) is 2. The van der Waals surface area contributed by atoms with Gasteiger partial charge in [0.15, 0.2) is 0 Å². The number of imide groups is 2. The molecule has 0 aromatic rings. The van der Waals surface area contributed by atoms with Gasteiger partial charge in [0, 0.05) is 45.7 Å². The molecule has 3 N–H and O–H groups in total. The number of amides is 5. The zero-order valence-electron chi connectivity index (χ0n) is 27.1. The standard InChI is InChI=1S/C29H48N6O6.C2H6/c1-5-10-22(13-9-14-23-26(37)33(4)29(40)34(23)16-21-17-41-18-21)35(19-36)28(39)24(25(30)31-6-2)27(38)32(3)15-20-11-7-8-12-20;1-2/h19-23,38H,5-18H2,1-4H3,(H2,30,31);1-2H3/b27-24+;/t22-,23?;/m1./s1. The Labute approximate surface area is 257 Å². The lowest BCUT2D eigenvalue weighted by Gasteiger charge is -2.32. The second-order valence-electron chi connectivity index (χ2n) is 11.5. The van der Waals surface area contributed by atoms with Crippen LogP contribution < -0.4 is 5.73 Å². The van der Waals surface area contributed by atoms with Crippen LogP contribution in [0.5, 0.6) is 0 Å². The first-order valence-corrected chi connectivity index (χ1v) is 16.0. The highest BCUT2D eigenvalue weighted by Gasteiger charge is 2.44. The van der Waals surface area contributed by atoms with Crippen molar-refractivity contribution in [1.82, 2.24) is 19.6 Å². The van der Waals surface area contributed by atoms with E-state index in [0.717, 1.165) is 35.5 Å². The Kier molecular flexibility index (Phi) is 15.0. The van der Waals surface area contributed by atoms with E-state index in [-0.39, 0.29) is 35.1 Å². The number of hydrogen-bond acceptors (Lipinski definition) is 8. The van der Waals surface area contributed by atoms with Gasteiger partial charge in [-0.25, -0.2) is 4.79 Å². The summed E-state index contributed by atoms with van der Waals surface area (Å²) >= 11 is 0. The highest BCUT2D eigenvalue weighted by atomic mass is 16.5. The van der Waals surface area contributed by atoms with E-state index in [1.807, 2.05) is 20.8 Å². The Hall–Kier alpha value is -3.15. The quantitative estimate of drug-likeness (QED) is 0.0677. The molecule has 0 spiro atoms. The van der Waals surface area contributed by atoms with Crippen molar-refractivity contribution in [2.75, 3.05) is 46.9 Å². The summed E-state index contributed by atoms with van der Waals surface area (Å²) in [6.45, 7) is 10.3. The van der Waals surface area contributed by atoms with Gasteiger partial charge >= 0.3 is 6.03 Å². The van der Waals surface area contributed by atoms with Crippen molar-refractivity contribution in [3.8, 4) is 0 Å². The SMILES string of the molecule is CC.CCC[C@H](CCCC1C(=O)N(C)C(=O)N1CC1COC1)N(C=O)C(=O)/C(C(N)=NCC)=C(/O)N(C)CC1CCCC1. The number of urea groups is 1. The highest BCUT2D eigenvalue weighted by molar-refractivity contribution is 6.22. The van der Waals surface area contributed by atoms with E-state index in [4.69, 9.17) is 10.5 Å². The van der Waals surface area contributed by atoms with Gasteiger partial charge in [0.2, 0.25) is 12.3 Å². The average Bonchev–Trinajstić information content (AvgIpc) is 3.55. The molecule has 3 aliphatic rings. The second-order valence-corrected chi connectivity index (χ2v) is 11.5. The first-order valence-electron chi connectivity index (χ1n) is 16.0. The number of carbonyl (C=O) groups is 4. The number of likely N-dealkylation sites (N-methyl/N-ethyl adjacent to an activating group) is 1. The van der Waals surface area contributed by atoms with Crippen LogP contribution in [0, 0.1) is 11.8 Å². The number of nitrogens with zero attached hydrogens (tertiary/aromatic N) is 5. The van der Waals surface area contributed by atoms with E-state index in [0.29, 0.717) is 77.3 Å². The third-order valence-electron chi connectivity index (χ3n) is 8.46. The number of aliphatic hydroxyl groups is 1. The zero-order valence-corrected chi connectivity index (χ0v) is 27.1. The molecule has 244 valence electrons. The molecule has 1 unspecified atom stereocenters. The van der Waals surface area contributed by atoms with E-state index >= 15 is 0 Å². The maximum atomic E-state index is 13.8. The summed E-state index contributed by atoms with van der Waals surface area (Å²) in [5.74, 6) is -0.691. The van der Waals surface area contributed by atoms with Crippen LogP contribution in [-0.2, 0) is 19.1 Å². The van der Waals surface area contributed by atoms with Crippen LogP contribution in [0.15, 0.2) is 16.4 Å². The van der Waals surface area contributed by atoms with Crippen LogP contribution in [0.3, 0.4) is 0 Å². The molecule has 1 saturated carbocycles. The molecule has 0 radical (unpaired) electrons. The van der Waals surface area contributed by atoms with Crippen molar-refractivity contribution >= 4 is 30.1 Å². The van der Waals surface area contributed by atoms with Crippen molar-refractivity contribution < 1.29 is 29.0 Å². The van der Waals surface area contributed by atoms with Gasteiger partial charge in [-0.05, 0) is 51.4 Å². The molecule has 3 fully saturated rings. The van der Waals surface area contributed by atoms with Gasteiger partial charge in [-0.3, -0.25) is 29.2 Å². The fraction of sp³-hybridized carbons (Fsp3) is 0.774. The summed E-state index contributed by atoms with van der Waals surface area (Å²) in [4.78, 5) is 61.4. The van der Waals surface area contributed by atoms with Gasteiger partial charge in [-0.2, -0.15) is 0 Å². The van der Waals surface area contributed by atoms with Crippen LogP contribution in [0.2, 0.25) is 0 Å². The molecule has 12 heteroatoms. The molecule has 43 heavy (non-hydrogen) atoms. The molecule has 3 rings (SSSR count). The minimum Gasteiger partial charge on any atom is -0.494 e. The van der Waals surface area contributed by atoms with Gasteiger partial charge in [0.05, 0.1) is 13.2 Å². The van der Waals surface area contributed by atoms with Crippen molar-refractivity contribution in [3.05, 3.63) is 11.5 Å². The number of rotatable bonds is 16. The number of aliphatic hydroxyl groups excluding tert-OH is 1. The first kappa shape index (κ1) is 36.0. The Bertz CT molecular complexity index is 1010. The van der Waals surface area contributed by atoms with Gasteiger partial charge in [-0.15, -0.1) is 0 Å². The Morgan fingerprint density at radius 1 is 1.16 bits per heavy atom. The molecule has 12 nitrogen and oxygen atoms in total. The largest absolute Gasteiger partial charge is 0.494 e. The minimum atomic E-state index is -0.692. The average molecular weight is 607 g/mol. The molecular weight excluding hydrogens is 552 g/mol. The molecule has 5 amide bonds. The topological polar surface area (TPSA) is 149 Å². The maximum absolute atomic E-state index is 13.8. The van der Waals surface area contributed by atoms with Gasteiger partial charge in [0.1, 0.15) is 17.5 Å². The lowest BCUT2D eigenvalue weighted by molar-refractivity contribution is -0.138. The molecule has 1 aliphatic carbocycles. The summed E-state index contributed by atoms with van der Waals surface area (Å²) in [6, 6.07) is -1.35. The zero-order chi connectivity index (χ0) is 32.1. The van der Waals surface area contributed by atoms with Crippen LogP contribution >= 0.6 is 0 Å². The summed E-state index contributed by atoms with van der Waals surface area (Å²) in [5.41, 5.74) is 6.02. The van der Waals surface area contributed by atoms with Gasteiger partial charge in [-0.1, -0.05) is 40.0 Å². The normalized spacial score (nSPS) is 20.8. The Morgan fingerprint density at radius 2 is 1.81 bits per heavy atom. The van der Waals surface area contributed by atoms with Gasteiger partial charge in [0.25, 0.3) is 11.8 Å². The summed E-state index contributed by atoms with van der Waals surface area (Å²) in [5, 5.41) is 11.2. The van der Waals surface area contributed by atoms with Crippen LogP contribution in [-0.4, -0.2) is 114 Å². The van der Waals surface area contributed by atoms with Crippen LogP contribution in [0.4, 0.5) is 4.79 Å². The monoisotopic (exact) mass is 606 g/mol. The lowest BCUT2D eigenvalue weighted by atomic mass is 9.99. The highest BCUT2D eigenvalue weighted by Crippen LogP contribution is 2.28. The molecule has 0 aromatic heterocycles. The van der Waals surface area contributed by atoms with E-state index in [2.05, 4.69) is 4.99 Å². The van der Waals surface area contributed by atoms with Crippen molar-refractivity contribution in [3.63, 3.8) is 0 Å². The first-order chi connectivity index (χ1) is 20.6. The predicted molar refractivity (Wildman–Crippen MR) is 166 cm³/mol. The Balaban J connectivity index is 0.00000316. The number of ether oxygens (including phenoxy) is 1. The minimum absolute atomic E-state index is 0.107. The predicted octanol–water partition coefficient (Wildman–Crippen LogP) is 3.51. The van der Waals surface area contributed by atoms with Crippen LogP contribution in [0.1, 0.15) is 85.5 Å². The second kappa shape index (κ2) is 17.8. The van der Waals surface area contributed by atoms with E-state index in [9.17, 15) is 24.3 Å². The molecule has 2 aliphatic heterocycles. The smallest absolute Gasteiger partial charge is 0.327 e. The van der Waals surface area contributed by atoms with E-state index in [1.54, 1.807) is 23.8 Å². The molecule has 0 bridgehead atoms. The molecule has 2 saturated heterocycles. The maximum Gasteiger partial charge on any atom is 0.327 e. The summed E-state index contributed by atoms with van der Waals surface area (Å²) in [7, 11) is 3.21. The number of carbonyl (C=O) groups excluding carboxylic acids is 4. The fourth-order valence-electron chi connectivity index (χ4n) is 6.09. The van der Waals surface area contributed by atoms with Crippen molar-refractivity contribution in [2.24, 2.45) is 22.6 Å². The van der Waals surface area contributed by atoms with E-state index < -0.39 is 18.0 Å². The van der Waals surface area contributed by atoms with Gasteiger partial charge < -0.3 is 25.4 Å². The Morgan fingerprint density at radius 3 is 2.35 bits per heavy atom. The third kappa shape index (κ3) is 9.17. The van der Waals surface area contributed by atoms with Crippen molar-refractivity contribution in [1.29, 1.82) is 0 Å². The van der Waals surface area contributed by atoms with E-state index in [1.165, 1.54) is 7.05 Å². The third-order valence-corrected chi connectivity index (χ3v) is 8.46. The molecule has 2 atom stereocenters. The summed E-state index contributed by atoms with van der Waals surface area (Å²) in [6.07, 6.45) is 7.55. The number of amidine groups is 1. The number of nitrogens with two attached hydrogens (primary N) is 1. The summed E-state index contributed by atoms with van der Waals surface area (Å²) < 4.78 is 5.24. The molecular formula is C31H54N6O6.